The minimum absolute atomic E-state index is 0.129. The summed E-state index contributed by atoms with van der Waals surface area (Å²) in [6.07, 6.45) is 1.81. The molecule has 0 saturated carbocycles. The fourth-order valence-corrected chi connectivity index (χ4v) is 4.62. The molecule has 2 aliphatic heterocycles. The van der Waals surface area contributed by atoms with Crippen LogP contribution in [0, 0.1) is 0 Å². The molecule has 0 unspecified atom stereocenters. The number of amidine groups is 1. The second-order valence-corrected chi connectivity index (χ2v) is 8.54. The van der Waals surface area contributed by atoms with E-state index in [-0.39, 0.29) is 12.7 Å². The maximum Gasteiger partial charge on any atom is 0.267 e. The van der Waals surface area contributed by atoms with Gasteiger partial charge in [-0.15, -0.1) is 0 Å². The standard InChI is InChI=1S/C26H22N2O5S/c1-30-20-10-8-17(9-11-20)15-28-25(29)24(34-26(28)27-19-6-4-3-5-7-19)13-18-12-22-23(33-16-32-22)14-21(18)31-2/h3-14H,15-16H2,1-2H3/b24-13+,27-26?. The largest absolute Gasteiger partial charge is 0.497 e. The van der Waals surface area contributed by atoms with E-state index in [0.29, 0.717) is 33.9 Å². The Bertz CT molecular complexity index is 1270. The van der Waals surface area contributed by atoms with Crippen molar-refractivity contribution in [3.63, 3.8) is 0 Å². The Morgan fingerprint density at radius 3 is 2.44 bits per heavy atom. The van der Waals surface area contributed by atoms with Gasteiger partial charge in [-0.25, -0.2) is 4.99 Å². The Morgan fingerprint density at radius 2 is 1.74 bits per heavy atom. The number of para-hydroxylation sites is 1. The minimum atomic E-state index is -0.129. The first-order valence-corrected chi connectivity index (χ1v) is 11.4. The predicted octanol–water partition coefficient (Wildman–Crippen LogP) is 5.24. The highest BCUT2D eigenvalue weighted by Crippen LogP contribution is 2.41. The molecule has 0 bridgehead atoms. The van der Waals surface area contributed by atoms with E-state index in [1.807, 2.05) is 66.7 Å². The van der Waals surface area contributed by atoms with Crippen molar-refractivity contribution in [2.24, 2.45) is 4.99 Å². The number of methoxy groups -OCH3 is 2. The van der Waals surface area contributed by atoms with E-state index in [0.717, 1.165) is 22.6 Å². The van der Waals surface area contributed by atoms with Crippen molar-refractivity contribution in [2.75, 3.05) is 21.0 Å². The molecule has 0 spiro atoms. The molecule has 2 aliphatic rings. The number of hydrogen-bond donors (Lipinski definition) is 0. The topological polar surface area (TPSA) is 69.6 Å². The molecule has 0 radical (unpaired) electrons. The van der Waals surface area contributed by atoms with Crippen LogP contribution < -0.4 is 18.9 Å². The molecule has 1 fully saturated rings. The molecule has 172 valence electrons. The highest BCUT2D eigenvalue weighted by Gasteiger charge is 2.34. The summed E-state index contributed by atoms with van der Waals surface area (Å²) in [4.78, 5) is 20.5. The molecule has 0 aliphatic carbocycles. The number of carbonyl (C=O) groups is 1. The van der Waals surface area contributed by atoms with Crippen LogP contribution in [0.5, 0.6) is 23.0 Å². The van der Waals surface area contributed by atoms with Crippen molar-refractivity contribution >= 4 is 34.6 Å². The van der Waals surface area contributed by atoms with Gasteiger partial charge < -0.3 is 18.9 Å². The van der Waals surface area contributed by atoms with Crippen molar-refractivity contribution in [2.45, 2.75) is 6.54 Å². The molecule has 1 saturated heterocycles. The van der Waals surface area contributed by atoms with Gasteiger partial charge in [-0.2, -0.15) is 0 Å². The Morgan fingerprint density at radius 1 is 1.00 bits per heavy atom. The number of carbonyl (C=O) groups excluding carboxylic acids is 1. The third-order valence-electron chi connectivity index (χ3n) is 5.38. The van der Waals surface area contributed by atoms with Gasteiger partial charge in [0.1, 0.15) is 11.5 Å². The number of amides is 1. The first kappa shape index (κ1) is 21.9. The Hall–Kier alpha value is -3.91. The van der Waals surface area contributed by atoms with Gasteiger partial charge in [-0.1, -0.05) is 30.3 Å². The van der Waals surface area contributed by atoms with E-state index < -0.39 is 0 Å². The van der Waals surface area contributed by atoms with Gasteiger partial charge in [0, 0.05) is 11.6 Å². The molecule has 3 aromatic carbocycles. The summed E-state index contributed by atoms with van der Waals surface area (Å²) in [6, 6.07) is 20.8. The molecule has 0 aromatic heterocycles. The number of thioether (sulfide) groups is 1. The van der Waals surface area contributed by atoms with Gasteiger partial charge in [0.2, 0.25) is 6.79 Å². The second kappa shape index (κ2) is 9.52. The molecular formula is C26H22N2O5S. The molecule has 1 amide bonds. The summed E-state index contributed by atoms with van der Waals surface area (Å²) in [7, 11) is 3.21. The smallest absolute Gasteiger partial charge is 0.267 e. The van der Waals surface area contributed by atoms with E-state index in [1.165, 1.54) is 11.8 Å². The zero-order valence-electron chi connectivity index (χ0n) is 18.7. The number of hydrogen-bond acceptors (Lipinski definition) is 7. The second-order valence-electron chi connectivity index (χ2n) is 7.53. The predicted molar refractivity (Wildman–Crippen MR) is 132 cm³/mol. The van der Waals surface area contributed by atoms with E-state index in [2.05, 4.69) is 0 Å². The molecular weight excluding hydrogens is 452 g/mol. The normalized spacial score (nSPS) is 17.0. The van der Waals surface area contributed by atoms with Crippen LogP contribution in [0.15, 0.2) is 76.6 Å². The lowest BCUT2D eigenvalue weighted by atomic mass is 10.1. The quantitative estimate of drug-likeness (QED) is 0.455. The molecule has 5 rings (SSSR count). The summed E-state index contributed by atoms with van der Waals surface area (Å²) in [5.74, 6) is 2.48. The SMILES string of the molecule is COc1ccc(CN2C(=O)/C(=C\c3cc4c(cc3OC)OCO4)SC2=Nc2ccccc2)cc1. The van der Waals surface area contributed by atoms with Crippen LogP contribution >= 0.6 is 11.8 Å². The fourth-order valence-electron chi connectivity index (χ4n) is 3.63. The Labute approximate surface area is 201 Å². The van der Waals surface area contributed by atoms with Crippen molar-refractivity contribution in [1.29, 1.82) is 0 Å². The zero-order chi connectivity index (χ0) is 23.5. The molecule has 2 heterocycles. The van der Waals surface area contributed by atoms with Gasteiger partial charge in [0.25, 0.3) is 5.91 Å². The first-order chi connectivity index (χ1) is 16.6. The van der Waals surface area contributed by atoms with Gasteiger partial charge in [-0.05, 0) is 53.7 Å². The summed E-state index contributed by atoms with van der Waals surface area (Å²) in [5, 5.41) is 0.609. The van der Waals surface area contributed by atoms with Crippen LogP contribution in [-0.2, 0) is 11.3 Å². The molecule has 0 N–H and O–H groups in total. The lowest BCUT2D eigenvalue weighted by molar-refractivity contribution is -0.122. The van der Waals surface area contributed by atoms with Crippen molar-refractivity contribution in [3.8, 4) is 23.0 Å². The summed E-state index contributed by atoms with van der Waals surface area (Å²) >= 11 is 1.33. The number of rotatable bonds is 6. The maximum atomic E-state index is 13.5. The summed E-state index contributed by atoms with van der Waals surface area (Å²) in [5.41, 5.74) is 2.48. The molecule has 7 nitrogen and oxygen atoms in total. The van der Waals surface area contributed by atoms with E-state index >= 15 is 0 Å². The third kappa shape index (κ3) is 4.45. The van der Waals surface area contributed by atoms with Gasteiger partial charge in [0.05, 0.1) is 31.4 Å². The van der Waals surface area contributed by atoms with E-state index in [9.17, 15) is 4.79 Å². The van der Waals surface area contributed by atoms with Crippen molar-refractivity contribution < 1.29 is 23.7 Å². The van der Waals surface area contributed by atoms with Crippen LogP contribution in [0.1, 0.15) is 11.1 Å². The first-order valence-electron chi connectivity index (χ1n) is 10.6. The van der Waals surface area contributed by atoms with E-state index in [4.69, 9.17) is 23.9 Å². The Balaban J connectivity index is 1.51. The van der Waals surface area contributed by atoms with E-state index in [1.54, 1.807) is 25.2 Å². The van der Waals surface area contributed by atoms with Crippen molar-refractivity contribution in [3.05, 3.63) is 82.8 Å². The highest BCUT2D eigenvalue weighted by molar-refractivity contribution is 8.18. The number of aliphatic imine (C=N–C) groups is 1. The lowest BCUT2D eigenvalue weighted by Crippen LogP contribution is -2.28. The minimum Gasteiger partial charge on any atom is -0.497 e. The van der Waals surface area contributed by atoms with Gasteiger partial charge >= 0.3 is 0 Å². The average Bonchev–Trinajstić information content (AvgIpc) is 3.44. The highest BCUT2D eigenvalue weighted by atomic mass is 32.2. The number of nitrogens with zero attached hydrogens (tertiary/aromatic N) is 2. The van der Waals surface area contributed by atoms with Gasteiger partial charge in [0.15, 0.2) is 16.7 Å². The molecule has 34 heavy (non-hydrogen) atoms. The Kier molecular flexibility index (Phi) is 6.14. The average molecular weight is 475 g/mol. The molecule has 8 heteroatoms. The lowest BCUT2D eigenvalue weighted by Gasteiger charge is -2.16. The summed E-state index contributed by atoms with van der Waals surface area (Å²) < 4.78 is 21.7. The number of fused-ring (bicyclic) bond motifs is 1. The monoisotopic (exact) mass is 474 g/mol. The van der Waals surface area contributed by atoms with Gasteiger partial charge in [-0.3, -0.25) is 9.69 Å². The third-order valence-corrected chi connectivity index (χ3v) is 6.39. The molecule has 0 atom stereocenters. The zero-order valence-corrected chi connectivity index (χ0v) is 19.5. The number of ether oxygens (including phenoxy) is 4. The van der Waals surface area contributed by atoms with Crippen LogP contribution in [0.2, 0.25) is 0 Å². The molecule has 3 aromatic rings. The number of benzene rings is 3. The van der Waals surface area contributed by atoms with Crippen molar-refractivity contribution in [1.82, 2.24) is 4.90 Å². The maximum absolute atomic E-state index is 13.5. The van der Waals surface area contributed by atoms with Crippen LogP contribution in [0.3, 0.4) is 0 Å². The fraction of sp³-hybridized carbons (Fsp3) is 0.154. The van der Waals surface area contributed by atoms with Crippen LogP contribution in [0.25, 0.3) is 6.08 Å². The van der Waals surface area contributed by atoms with Crippen LogP contribution in [-0.4, -0.2) is 37.0 Å². The summed E-state index contributed by atoms with van der Waals surface area (Å²) in [6.45, 7) is 0.548. The van der Waals surface area contributed by atoms with Crippen LogP contribution in [0.4, 0.5) is 5.69 Å².